The van der Waals surface area contributed by atoms with Crippen molar-refractivity contribution in [2.24, 2.45) is 0 Å². The Labute approximate surface area is 73.6 Å². The topological polar surface area (TPSA) is 12.0 Å². The summed E-state index contributed by atoms with van der Waals surface area (Å²) in [6.07, 6.45) is 8.65. The van der Waals surface area contributed by atoms with E-state index in [2.05, 4.69) is 29.2 Å². The van der Waals surface area contributed by atoms with E-state index in [1.807, 2.05) is 7.05 Å². The molecule has 0 aromatic heterocycles. The number of nitrogens with one attached hydrogen (secondary N) is 1. The van der Waals surface area contributed by atoms with Gasteiger partial charge in [0.15, 0.2) is 0 Å². The van der Waals surface area contributed by atoms with E-state index >= 15 is 0 Å². The van der Waals surface area contributed by atoms with Gasteiger partial charge in [0.05, 0.1) is 0 Å². The lowest BCUT2D eigenvalue weighted by Crippen LogP contribution is -2.06. The van der Waals surface area contributed by atoms with Crippen molar-refractivity contribution in [1.29, 1.82) is 0 Å². The molecule has 1 nitrogen and oxygen atoms in total. The summed E-state index contributed by atoms with van der Waals surface area (Å²) in [5.74, 6) is 1.36. The van der Waals surface area contributed by atoms with E-state index in [1.165, 1.54) is 25.0 Å². The second-order valence-corrected chi connectivity index (χ2v) is 4.22. The molecule has 1 rings (SSSR count). The van der Waals surface area contributed by atoms with E-state index in [9.17, 15) is 0 Å². The molecule has 1 aliphatic rings. The third-order valence-electron chi connectivity index (χ3n) is 1.88. The lowest BCUT2D eigenvalue weighted by molar-refractivity contribution is 0.803. The van der Waals surface area contributed by atoms with Gasteiger partial charge >= 0.3 is 0 Å². The molecule has 0 aliphatic carbocycles. The zero-order chi connectivity index (χ0) is 7.94. The lowest BCUT2D eigenvalue weighted by atomic mass is 10.2. The van der Waals surface area contributed by atoms with Gasteiger partial charge in [0.1, 0.15) is 0 Å². The molecule has 0 aromatic carbocycles. The first-order chi connectivity index (χ1) is 5.43. The summed E-state index contributed by atoms with van der Waals surface area (Å²) in [7, 11) is 2.00. The van der Waals surface area contributed by atoms with Gasteiger partial charge in [-0.25, -0.2) is 0 Å². The molecule has 1 unspecified atom stereocenters. The van der Waals surface area contributed by atoms with Crippen LogP contribution in [0.5, 0.6) is 0 Å². The Kier molecular flexibility index (Phi) is 4.71. The number of thioether (sulfide) groups is 1. The monoisotopic (exact) mass is 171 g/mol. The molecule has 64 valence electrons. The molecule has 1 heterocycles. The van der Waals surface area contributed by atoms with Crippen molar-refractivity contribution in [2.45, 2.75) is 24.5 Å². The fourth-order valence-electron chi connectivity index (χ4n) is 1.23. The maximum absolute atomic E-state index is 3.14. The number of hydrogen-bond donors (Lipinski definition) is 1. The van der Waals surface area contributed by atoms with Crippen molar-refractivity contribution in [2.75, 3.05) is 19.3 Å². The quantitative estimate of drug-likeness (QED) is 0.513. The molecule has 0 aromatic rings. The highest BCUT2D eigenvalue weighted by Gasteiger charge is 2.10. The SMILES string of the molecule is CNCC/C=C\C1CCCS1. The van der Waals surface area contributed by atoms with Crippen molar-refractivity contribution < 1.29 is 0 Å². The summed E-state index contributed by atoms with van der Waals surface area (Å²) in [5.41, 5.74) is 0. The highest BCUT2D eigenvalue weighted by Crippen LogP contribution is 2.26. The van der Waals surface area contributed by atoms with Gasteiger partial charge in [0.25, 0.3) is 0 Å². The molecule has 1 fully saturated rings. The van der Waals surface area contributed by atoms with E-state index in [0.717, 1.165) is 11.8 Å². The summed E-state index contributed by atoms with van der Waals surface area (Å²) in [5, 5.41) is 3.96. The molecule has 0 radical (unpaired) electrons. The minimum atomic E-state index is 0.826. The van der Waals surface area contributed by atoms with E-state index in [4.69, 9.17) is 0 Å². The molecule has 0 saturated carbocycles. The minimum Gasteiger partial charge on any atom is -0.319 e. The van der Waals surface area contributed by atoms with Gasteiger partial charge in [-0.05, 0) is 38.6 Å². The predicted molar refractivity (Wildman–Crippen MR) is 53.2 cm³/mol. The summed E-state index contributed by atoms with van der Waals surface area (Å²) in [4.78, 5) is 0. The third kappa shape index (κ3) is 3.82. The molecule has 0 amide bonds. The normalized spacial score (nSPS) is 25.0. The van der Waals surface area contributed by atoms with Crippen molar-refractivity contribution in [1.82, 2.24) is 5.32 Å². The van der Waals surface area contributed by atoms with Gasteiger partial charge in [-0.15, -0.1) is 0 Å². The molecule has 1 atom stereocenters. The average molecular weight is 171 g/mol. The van der Waals surface area contributed by atoms with Gasteiger partial charge in [-0.1, -0.05) is 12.2 Å². The van der Waals surface area contributed by atoms with E-state index in [-0.39, 0.29) is 0 Å². The van der Waals surface area contributed by atoms with Crippen LogP contribution in [0.4, 0.5) is 0 Å². The van der Waals surface area contributed by atoms with Crippen molar-refractivity contribution >= 4 is 11.8 Å². The predicted octanol–water partition coefficient (Wildman–Crippen LogP) is 2.05. The largest absolute Gasteiger partial charge is 0.319 e. The molecule has 1 N–H and O–H groups in total. The standard InChI is InChI=1S/C9H17NS/c1-10-7-3-2-5-9-6-4-8-11-9/h2,5,9-10H,3-4,6-8H2,1H3/b5-2-. The smallest absolute Gasteiger partial charge is 0.0227 e. The molecule has 2 heteroatoms. The van der Waals surface area contributed by atoms with Gasteiger partial charge in [-0.3, -0.25) is 0 Å². The zero-order valence-electron chi connectivity index (χ0n) is 7.18. The average Bonchev–Trinajstić information content (AvgIpc) is 2.50. The molecule has 0 spiro atoms. The molecule has 1 aliphatic heterocycles. The Morgan fingerprint density at radius 1 is 1.64 bits per heavy atom. The molecular weight excluding hydrogens is 154 g/mol. The molecule has 11 heavy (non-hydrogen) atoms. The van der Waals surface area contributed by atoms with Gasteiger partial charge in [-0.2, -0.15) is 11.8 Å². The Morgan fingerprint density at radius 3 is 3.18 bits per heavy atom. The van der Waals surface area contributed by atoms with Gasteiger partial charge < -0.3 is 5.32 Å². The van der Waals surface area contributed by atoms with Crippen molar-refractivity contribution in [3.63, 3.8) is 0 Å². The van der Waals surface area contributed by atoms with Crippen molar-refractivity contribution in [3.8, 4) is 0 Å². The van der Waals surface area contributed by atoms with Crippen LogP contribution in [0, 0.1) is 0 Å². The third-order valence-corrected chi connectivity index (χ3v) is 3.22. The highest BCUT2D eigenvalue weighted by molar-refractivity contribution is 8.00. The second kappa shape index (κ2) is 5.67. The van der Waals surface area contributed by atoms with Crippen LogP contribution in [0.15, 0.2) is 12.2 Å². The summed E-state index contributed by atoms with van der Waals surface area (Å²) in [6.45, 7) is 1.11. The first-order valence-corrected chi connectivity index (χ1v) is 5.41. The van der Waals surface area contributed by atoms with Gasteiger partial charge in [0.2, 0.25) is 0 Å². The summed E-state index contributed by atoms with van der Waals surface area (Å²) < 4.78 is 0. The van der Waals surface area contributed by atoms with Crippen LogP contribution in [0.3, 0.4) is 0 Å². The fraction of sp³-hybridized carbons (Fsp3) is 0.778. The van der Waals surface area contributed by atoms with Crippen LogP contribution in [-0.4, -0.2) is 24.6 Å². The highest BCUT2D eigenvalue weighted by atomic mass is 32.2. The Bertz CT molecular complexity index is 117. The van der Waals surface area contributed by atoms with Crippen LogP contribution in [-0.2, 0) is 0 Å². The Morgan fingerprint density at radius 2 is 2.55 bits per heavy atom. The first-order valence-electron chi connectivity index (χ1n) is 4.36. The maximum atomic E-state index is 3.14. The lowest BCUT2D eigenvalue weighted by Gasteiger charge is -1.98. The zero-order valence-corrected chi connectivity index (χ0v) is 7.99. The second-order valence-electron chi connectivity index (χ2n) is 2.87. The minimum absolute atomic E-state index is 0.826. The Balaban J connectivity index is 2.03. The van der Waals surface area contributed by atoms with Crippen LogP contribution in [0.2, 0.25) is 0 Å². The summed E-state index contributed by atoms with van der Waals surface area (Å²) >= 11 is 2.09. The molecule has 1 saturated heterocycles. The molecule has 0 bridgehead atoms. The van der Waals surface area contributed by atoms with Crippen LogP contribution >= 0.6 is 11.8 Å². The Hall–Kier alpha value is 0.0500. The van der Waals surface area contributed by atoms with Gasteiger partial charge in [0, 0.05) is 5.25 Å². The summed E-state index contributed by atoms with van der Waals surface area (Å²) in [6, 6.07) is 0. The van der Waals surface area contributed by atoms with Crippen LogP contribution in [0.1, 0.15) is 19.3 Å². The number of hydrogen-bond acceptors (Lipinski definition) is 2. The maximum Gasteiger partial charge on any atom is 0.0227 e. The fourth-order valence-corrected chi connectivity index (χ4v) is 2.42. The van der Waals surface area contributed by atoms with E-state index < -0.39 is 0 Å². The molecular formula is C9H17NS. The van der Waals surface area contributed by atoms with E-state index in [0.29, 0.717) is 0 Å². The van der Waals surface area contributed by atoms with E-state index in [1.54, 1.807) is 0 Å². The van der Waals surface area contributed by atoms with Crippen molar-refractivity contribution in [3.05, 3.63) is 12.2 Å². The van der Waals surface area contributed by atoms with Crippen LogP contribution < -0.4 is 5.32 Å². The first kappa shape index (κ1) is 9.14. The van der Waals surface area contributed by atoms with Crippen LogP contribution in [0.25, 0.3) is 0 Å². The number of rotatable bonds is 4.